The van der Waals surface area contributed by atoms with Crippen molar-refractivity contribution in [2.24, 2.45) is 0 Å². The number of methoxy groups -OCH3 is 1. The molecule has 0 aromatic heterocycles. The van der Waals surface area contributed by atoms with E-state index in [0.29, 0.717) is 5.02 Å². The van der Waals surface area contributed by atoms with Crippen molar-refractivity contribution in [1.29, 1.82) is 0 Å². The summed E-state index contributed by atoms with van der Waals surface area (Å²) in [4.78, 5) is 51.3. The second-order valence-corrected chi connectivity index (χ2v) is 10.2. The molecular weight excluding hydrogens is 572 g/mol. The Hall–Kier alpha value is -5.15. The Labute approximate surface area is 256 Å². The number of nitrogens with one attached hydrogen (secondary N) is 2. The minimum absolute atomic E-state index is 0.0635. The number of carboxylic acids is 1. The van der Waals surface area contributed by atoms with Crippen LogP contribution in [0.4, 0.5) is 10.5 Å². The fourth-order valence-electron chi connectivity index (χ4n) is 5.03. The average molecular weight is 602 g/mol. The summed E-state index contributed by atoms with van der Waals surface area (Å²) >= 11 is 5.94. The van der Waals surface area contributed by atoms with Gasteiger partial charge in [0, 0.05) is 22.1 Å². The molecule has 4 aromatic rings. The van der Waals surface area contributed by atoms with Crippen molar-refractivity contribution in [3.63, 3.8) is 0 Å². The number of carbonyl (C=O) groups is 4. The van der Waals surface area contributed by atoms with Crippen LogP contribution >= 0.6 is 11.6 Å². The predicted octanol–water partition coefficient (Wildman–Crippen LogP) is 5.90. The predicted molar refractivity (Wildman–Crippen MR) is 161 cm³/mol. The highest BCUT2D eigenvalue weighted by Gasteiger charge is 2.31. The van der Waals surface area contributed by atoms with E-state index in [0.717, 1.165) is 28.3 Å². The number of carbonyl (C=O) groups excluding carboxylic acids is 3. The maximum atomic E-state index is 13.4. The van der Waals surface area contributed by atoms with Crippen LogP contribution in [0.25, 0.3) is 11.1 Å². The van der Waals surface area contributed by atoms with Crippen LogP contribution in [0.1, 0.15) is 43.5 Å². The Morgan fingerprint density at radius 2 is 1.58 bits per heavy atom. The van der Waals surface area contributed by atoms with Crippen LogP contribution in [0.5, 0.6) is 5.75 Å². The number of ketones is 1. The molecule has 0 aliphatic heterocycles. The van der Waals surface area contributed by atoms with Gasteiger partial charge in [-0.2, -0.15) is 0 Å². The van der Waals surface area contributed by atoms with Gasteiger partial charge in [-0.15, -0.1) is 0 Å². The third-order valence-corrected chi connectivity index (χ3v) is 7.30. The van der Waals surface area contributed by atoms with Gasteiger partial charge in [-0.25, -0.2) is 4.79 Å². The van der Waals surface area contributed by atoms with E-state index in [1.807, 2.05) is 48.5 Å². The second kappa shape index (κ2) is 12.8. The van der Waals surface area contributed by atoms with Gasteiger partial charge in [0.1, 0.15) is 18.4 Å². The zero-order valence-corrected chi connectivity index (χ0v) is 23.3. The smallest absolute Gasteiger partial charge is 0.407 e. The Kier molecular flexibility index (Phi) is 7.60. The monoisotopic (exact) mass is 601 g/mol. The number of anilines is 1. The first-order chi connectivity index (χ1) is 21.9. The number of halogens is 1. The van der Waals surface area contributed by atoms with Crippen molar-refractivity contribution < 1.29 is 37.9 Å². The van der Waals surface area contributed by atoms with Crippen molar-refractivity contribution >= 4 is 41.0 Å². The van der Waals surface area contributed by atoms with Gasteiger partial charge in [-0.05, 0) is 64.7 Å². The van der Waals surface area contributed by atoms with Crippen LogP contribution < -0.4 is 15.4 Å². The Morgan fingerprint density at radius 1 is 0.930 bits per heavy atom. The normalized spacial score (nSPS) is 13.7. The van der Waals surface area contributed by atoms with Gasteiger partial charge in [0.05, 0.1) is 23.3 Å². The first-order valence-electron chi connectivity index (χ1n) is 14.7. The number of rotatable bonds is 10. The molecule has 0 bridgehead atoms. The number of hydrogen-bond donors (Lipinski definition) is 3. The molecule has 9 nitrogen and oxygen atoms in total. The van der Waals surface area contributed by atoms with E-state index in [1.54, 1.807) is 0 Å². The van der Waals surface area contributed by atoms with Crippen LogP contribution in [0.3, 0.4) is 0 Å². The molecule has 0 saturated heterocycles. The maximum absolute atomic E-state index is 13.4. The number of aliphatic carboxylic acids is 1. The van der Waals surface area contributed by atoms with Gasteiger partial charge in [0.15, 0.2) is 5.78 Å². The lowest BCUT2D eigenvalue weighted by molar-refractivity contribution is -0.139. The first-order valence-corrected chi connectivity index (χ1v) is 13.5. The fraction of sp³-hybridized carbons (Fsp3) is 0.152. The van der Waals surface area contributed by atoms with Gasteiger partial charge in [0.2, 0.25) is 5.91 Å². The zero-order valence-electron chi connectivity index (χ0n) is 25.5. The molecule has 1 aliphatic rings. The summed E-state index contributed by atoms with van der Waals surface area (Å²) in [6.45, 7) is -0.0635. The molecule has 0 fully saturated rings. The molecular formula is C33H27ClN2O7. The maximum Gasteiger partial charge on any atom is 0.407 e. The highest BCUT2D eigenvalue weighted by Crippen LogP contribution is 2.44. The van der Waals surface area contributed by atoms with E-state index in [1.165, 1.54) is 36.4 Å². The fourth-order valence-corrected chi connectivity index (χ4v) is 5.15. The lowest BCUT2D eigenvalue weighted by atomic mass is 9.98. The van der Waals surface area contributed by atoms with Crippen LogP contribution in [0.15, 0.2) is 91.0 Å². The Bertz CT molecular complexity index is 1770. The molecule has 0 unspecified atom stereocenters. The average Bonchev–Trinajstić information content (AvgIpc) is 3.33. The van der Waals surface area contributed by atoms with Gasteiger partial charge in [-0.3, -0.25) is 14.4 Å². The number of fused-ring (bicyclic) bond motifs is 3. The Morgan fingerprint density at radius 3 is 2.21 bits per heavy atom. The third kappa shape index (κ3) is 6.52. The zero-order chi connectivity index (χ0) is 33.0. The number of alkyl carbamates (subject to hydrolysis) is 1. The van der Waals surface area contributed by atoms with Gasteiger partial charge in [0.25, 0.3) is 0 Å². The minimum atomic E-state index is -2.81. The number of amides is 2. The molecule has 1 atom stereocenters. The summed E-state index contributed by atoms with van der Waals surface area (Å²) in [6, 6.07) is 23.3. The summed E-state index contributed by atoms with van der Waals surface area (Å²) < 4.78 is 32.6. The largest absolute Gasteiger partial charge is 0.497 e. The van der Waals surface area contributed by atoms with Gasteiger partial charge < -0.3 is 25.2 Å². The topological polar surface area (TPSA) is 131 Å². The highest BCUT2D eigenvalue weighted by atomic mass is 35.5. The van der Waals surface area contributed by atoms with Crippen molar-refractivity contribution in [3.8, 4) is 16.9 Å². The number of benzene rings is 4. The second-order valence-electron chi connectivity index (χ2n) is 9.76. The third-order valence-electron chi connectivity index (χ3n) is 7.05. The van der Waals surface area contributed by atoms with Crippen LogP contribution in [-0.2, 0) is 14.3 Å². The quantitative estimate of drug-likeness (QED) is 0.193. The van der Waals surface area contributed by atoms with E-state index in [-0.39, 0.29) is 35.1 Å². The van der Waals surface area contributed by atoms with E-state index in [9.17, 15) is 24.3 Å². The SMILES string of the molecule is [2H]C([2H])([2H])Oc1ccc(NC(=O)[C@H](CC(=O)O)NC(=O)OCC2c3ccccc3-c3ccccc32)c(C(=O)c2ccc(Cl)cc2)c1. The lowest BCUT2D eigenvalue weighted by Gasteiger charge is -2.19. The molecule has 0 saturated carbocycles. The number of carboxylic acid groups (broad SMARTS) is 1. The molecule has 1 aliphatic carbocycles. The van der Waals surface area contributed by atoms with E-state index in [4.69, 9.17) is 25.2 Å². The lowest BCUT2D eigenvalue weighted by Crippen LogP contribution is -2.45. The van der Waals surface area contributed by atoms with E-state index >= 15 is 0 Å². The summed E-state index contributed by atoms with van der Waals surface area (Å²) in [5, 5.41) is 14.7. The summed E-state index contributed by atoms with van der Waals surface area (Å²) in [7, 11) is -2.81. The molecule has 4 aromatic carbocycles. The number of hydrogen-bond acceptors (Lipinski definition) is 6. The Balaban J connectivity index is 1.34. The van der Waals surface area contributed by atoms with Crippen molar-refractivity contribution in [2.75, 3.05) is 19.0 Å². The van der Waals surface area contributed by atoms with Crippen LogP contribution in [-0.4, -0.2) is 48.5 Å². The van der Waals surface area contributed by atoms with Crippen LogP contribution in [0, 0.1) is 0 Å². The van der Waals surface area contributed by atoms with Gasteiger partial charge >= 0.3 is 12.1 Å². The number of ether oxygens (including phenoxy) is 2. The first kappa shape index (κ1) is 25.6. The summed E-state index contributed by atoms with van der Waals surface area (Å²) in [5.41, 5.74) is 3.94. The molecule has 0 radical (unpaired) electrons. The molecule has 3 N–H and O–H groups in total. The molecule has 10 heteroatoms. The molecule has 5 rings (SSSR count). The highest BCUT2D eigenvalue weighted by molar-refractivity contribution is 6.30. The molecule has 0 heterocycles. The standard InChI is InChI=1S/C33H27ClN2O7/c1-42-21-14-15-28(26(16-21)31(39)19-10-12-20(34)13-11-19)35-32(40)29(17-30(37)38)36-33(41)43-18-27-24-8-4-2-6-22(24)23-7-3-5-9-25(23)27/h2-16,27,29H,17-18H2,1H3,(H,35,40)(H,36,41)(H,37,38)/t29-/m0/s1/i1D3. The van der Waals surface area contributed by atoms with Crippen molar-refractivity contribution in [1.82, 2.24) is 5.32 Å². The summed E-state index contributed by atoms with van der Waals surface area (Å²) in [6.07, 6.45) is -1.81. The summed E-state index contributed by atoms with van der Waals surface area (Å²) in [5.74, 6) is -3.37. The molecule has 218 valence electrons. The molecule has 43 heavy (non-hydrogen) atoms. The van der Waals surface area contributed by atoms with Crippen LogP contribution in [0.2, 0.25) is 5.02 Å². The minimum Gasteiger partial charge on any atom is -0.497 e. The molecule has 2 amide bonds. The van der Waals surface area contributed by atoms with E-state index < -0.39 is 43.3 Å². The van der Waals surface area contributed by atoms with Crippen molar-refractivity contribution in [2.45, 2.75) is 18.4 Å². The molecule has 0 spiro atoms. The van der Waals surface area contributed by atoms with Gasteiger partial charge in [-0.1, -0.05) is 60.1 Å². The van der Waals surface area contributed by atoms with Crippen molar-refractivity contribution in [3.05, 3.63) is 118 Å². The van der Waals surface area contributed by atoms with E-state index in [2.05, 4.69) is 10.6 Å².